The van der Waals surface area contributed by atoms with Crippen LogP contribution in [0.2, 0.25) is 0 Å². The van der Waals surface area contributed by atoms with Crippen molar-refractivity contribution in [1.82, 2.24) is 20.5 Å². The van der Waals surface area contributed by atoms with Crippen molar-refractivity contribution in [2.75, 3.05) is 7.05 Å². The van der Waals surface area contributed by atoms with Crippen LogP contribution >= 0.6 is 15.9 Å². The minimum absolute atomic E-state index is 0.0439. The van der Waals surface area contributed by atoms with Crippen LogP contribution in [0.4, 0.5) is 0 Å². The molecule has 3 amide bonds. The van der Waals surface area contributed by atoms with Crippen molar-refractivity contribution in [2.45, 2.75) is 84.5 Å². The van der Waals surface area contributed by atoms with Crippen molar-refractivity contribution in [1.29, 1.82) is 0 Å². The monoisotopic (exact) mass is 708 g/mol. The molecule has 2 heterocycles. The fraction of sp³-hybridized carbons (Fsp3) is 0.444. The molecule has 4 rings (SSSR count). The smallest absolute Gasteiger partial charge is 0.308 e. The Hall–Kier alpha value is -4.12. The van der Waals surface area contributed by atoms with Crippen LogP contribution in [0.3, 0.4) is 0 Å². The Bertz CT molecular complexity index is 1630. The maximum Gasteiger partial charge on any atom is 0.308 e. The van der Waals surface area contributed by atoms with Gasteiger partial charge in [-0.05, 0) is 84.8 Å². The number of nitrogens with zero attached hydrogens (tertiary/aromatic N) is 1. The highest BCUT2D eigenvalue weighted by atomic mass is 79.9. The number of cyclic esters (lactones) is 1. The van der Waals surface area contributed by atoms with Crippen LogP contribution < -0.4 is 10.6 Å². The molecule has 47 heavy (non-hydrogen) atoms. The maximum absolute atomic E-state index is 14.3. The van der Waals surface area contributed by atoms with E-state index in [2.05, 4.69) is 37.6 Å². The summed E-state index contributed by atoms with van der Waals surface area (Å²) in [6.45, 7) is 9.27. The van der Waals surface area contributed by atoms with Crippen LogP contribution in [0.1, 0.15) is 71.0 Å². The summed E-state index contributed by atoms with van der Waals surface area (Å²) in [5.74, 6) is -1.93. The molecule has 0 saturated heterocycles. The highest BCUT2D eigenvalue weighted by Crippen LogP contribution is 2.29. The summed E-state index contributed by atoms with van der Waals surface area (Å²) < 4.78 is 6.47. The summed E-state index contributed by atoms with van der Waals surface area (Å²) in [5.41, 5.74) is 3.29. The number of esters is 1. The van der Waals surface area contributed by atoms with E-state index in [-0.39, 0.29) is 36.3 Å². The Labute approximate surface area is 284 Å². The first kappa shape index (κ1) is 35.7. The van der Waals surface area contributed by atoms with Crippen LogP contribution in [0.5, 0.6) is 5.75 Å². The second-order valence-electron chi connectivity index (χ2n) is 12.9. The Morgan fingerprint density at radius 3 is 2.32 bits per heavy atom. The molecular weight excluding hydrogens is 664 g/mol. The van der Waals surface area contributed by atoms with Crippen LogP contribution in [0, 0.1) is 11.8 Å². The van der Waals surface area contributed by atoms with Crippen LogP contribution in [-0.2, 0) is 30.3 Å². The van der Waals surface area contributed by atoms with E-state index in [1.54, 1.807) is 26.1 Å². The van der Waals surface area contributed by atoms with Crippen molar-refractivity contribution >= 4 is 50.5 Å². The lowest BCUT2D eigenvalue weighted by Gasteiger charge is -2.31. The Kier molecular flexibility index (Phi) is 11.9. The van der Waals surface area contributed by atoms with Gasteiger partial charge in [0.2, 0.25) is 17.7 Å². The van der Waals surface area contributed by atoms with Crippen molar-refractivity contribution in [3.63, 3.8) is 0 Å². The Morgan fingerprint density at radius 1 is 0.936 bits per heavy atom. The van der Waals surface area contributed by atoms with E-state index >= 15 is 0 Å². The number of aromatic amines is 1. The third-order valence-corrected chi connectivity index (χ3v) is 9.35. The molecule has 1 aliphatic rings. The molecule has 0 unspecified atom stereocenters. The number of halogens is 1. The van der Waals surface area contributed by atoms with E-state index in [4.69, 9.17) is 4.74 Å². The van der Waals surface area contributed by atoms with Crippen LogP contribution in [0.15, 0.2) is 64.8 Å². The summed E-state index contributed by atoms with van der Waals surface area (Å²) in [4.78, 5) is 59.2. The highest BCUT2D eigenvalue weighted by Gasteiger charge is 2.34. The standard InChI is InChI=1S/C36H45BrN4O6/c1-20-15-21(2)17-23(4)47-32(43)19-30(25-11-13-26(42)14-12-25)40-35(45)31(18-28-27-9-7-8-10-29(27)39-33(28)37)41(6)36(46)24(5)38-34(44)22(3)16-20/h7-15,21-24,30-31,39,42H,16-19H2,1-6H3,(H,38,44)(H,40,45)/b20-15+/t21-,22-,23+,24-,30+,31+/m0/s1. The average Bonchev–Trinajstić information content (AvgIpc) is 3.32. The molecule has 2 aromatic carbocycles. The summed E-state index contributed by atoms with van der Waals surface area (Å²) in [6, 6.07) is 11.2. The Morgan fingerprint density at radius 2 is 1.62 bits per heavy atom. The Balaban J connectivity index is 1.74. The zero-order valence-corrected chi connectivity index (χ0v) is 29.4. The minimum Gasteiger partial charge on any atom is -0.508 e. The zero-order chi connectivity index (χ0) is 34.4. The zero-order valence-electron chi connectivity index (χ0n) is 27.8. The first-order chi connectivity index (χ1) is 22.2. The fourth-order valence-corrected chi connectivity index (χ4v) is 6.87. The number of ether oxygens (including phenoxy) is 1. The lowest BCUT2D eigenvalue weighted by Crippen LogP contribution is -2.55. The van der Waals surface area contributed by atoms with Crippen LogP contribution in [0.25, 0.3) is 10.9 Å². The quantitative estimate of drug-likeness (QED) is 0.203. The summed E-state index contributed by atoms with van der Waals surface area (Å²) >= 11 is 3.60. The SMILES string of the molecule is C/C1=C\[C@H](C)C[C@@H](C)OC(=O)C[C@H](c2ccc(O)cc2)NC(=O)[C@@H](Cc2c(Br)[nH]c3ccccc23)N(C)C(=O)[C@H](C)NC(=O)[C@@H](C)C1. The number of benzene rings is 2. The van der Waals surface area contributed by atoms with Gasteiger partial charge >= 0.3 is 5.97 Å². The number of nitrogens with one attached hydrogen (secondary N) is 3. The van der Waals surface area contributed by atoms with Gasteiger partial charge in [0, 0.05) is 30.3 Å². The summed E-state index contributed by atoms with van der Waals surface area (Å²) in [5, 5.41) is 16.7. The number of hydrogen-bond donors (Lipinski definition) is 4. The molecule has 3 aromatic rings. The number of rotatable bonds is 3. The number of phenolic OH excluding ortho intramolecular Hbond substituents is 1. The lowest BCUT2D eigenvalue weighted by atomic mass is 9.95. The van der Waals surface area contributed by atoms with Gasteiger partial charge < -0.3 is 30.4 Å². The molecule has 0 radical (unpaired) electrons. The largest absolute Gasteiger partial charge is 0.508 e. The van der Waals surface area contributed by atoms with Gasteiger partial charge in [-0.15, -0.1) is 0 Å². The van der Waals surface area contributed by atoms with Crippen molar-refractivity contribution in [3.05, 3.63) is 75.9 Å². The van der Waals surface area contributed by atoms with E-state index in [9.17, 15) is 24.3 Å². The molecule has 11 heteroatoms. The van der Waals surface area contributed by atoms with Crippen molar-refractivity contribution in [3.8, 4) is 5.75 Å². The first-order valence-electron chi connectivity index (χ1n) is 16.0. The number of aromatic nitrogens is 1. The third-order valence-electron chi connectivity index (χ3n) is 8.67. The second kappa shape index (κ2) is 15.6. The first-order valence-corrected chi connectivity index (χ1v) is 16.8. The minimum atomic E-state index is -1.02. The van der Waals surface area contributed by atoms with Gasteiger partial charge in [-0.1, -0.05) is 55.8 Å². The molecule has 0 aliphatic carbocycles. The predicted molar refractivity (Wildman–Crippen MR) is 184 cm³/mol. The van der Waals surface area contributed by atoms with Gasteiger partial charge in [0.15, 0.2) is 0 Å². The van der Waals surface area contributed by atoms with Crippen LogP contribution in [-0.4, -0.2) is 63.9 Å². The van der Waals surface area contributed by atoms with Gasteiger partial charge in [0.1, 0.15) is 17.8 Å². The molecule has 1 aliphatic heterocycles. The van der Waals surface area contributed by atoms with Crippen molar-refractivity contribution in [2.24, 2.45) is 11.8 Å². The fourth-order valence-electron chi connectivity index (χ4n) is 6.28. The average molecular weight is 710 g/mol. The number of amides is 3. The second-order valence-corrected chi connectivity index (χ2v) is 13.6. The molecule has 0 fully saturated rings. The predicted octanol–water partition coefficient (Wildman–Crippen LogP) is 5.70. The van der Waals surface area contributed by atoms with Gasteiger partial charge in [0.05, 0.1) is 23.2 Å². The molecular formula is C36H45BrN4O6. The van der Waals surface area contributed by atoms with Gasteiger partial charge in [0.25, 0.3) is 0 Å². The summed E-state index contributed by atoms with van der Waals surface area (Å²) in [7, 11) is 1.55. The molecule has 6 atom stereocenters. The van der Waals surface area contributed by atoms with Gasteiger partial charge in [-0.25, -0.2) is 0 Å². The topological polar surface area (TPSA) is 141 Å². The molecule has 0 spiro atoms. The molecule has 10 nitrogen and oxygen atoms in total. The third kappa shape index (κ3) is 9.24. The molecule has 4 N–H and O–H groups in total. The normalized spacial score (nSPS) is 27.1. The van der Waals surface area contributed by atoms with Gasteiger partial charge in [-0.2, -0.15) is 0 Å². The van der Waals surface area contributed by atoms with Crippen molar-refractivity contribution < 1.29 is 29.0 Å². The number of hydrogen-bond acceptors (Lipinski definition) is 6. The number of aromatic hydroxyl groups is 1. The molecule has 0 bridgehead atoms. The number of H-pyrrole nitrogens is 1. The molecule has 0 saturated carbocycles. The number of carbonyl (C=O) groups excluding carboxylic acids is 4. The molecule has 1 aromatic heterocycles. The number of para-hydroxylation sites is 1. The number of carbonyl (C=O) groups is 4. The summed E-state index contributed by atoms with van der Waals surface area (Å²) in [6.07, 6.45) is 2.76. The van der Waals surface area contributed by atoms with E-state index < -0.39 is 42.0 Å². The maximum atomic E-state index is 14.3. The van der Waals surface area contributed by atoms with E-state index in [0.29, 0.717) is 23.0 Å². The number of fused-ring (bicyclic) bond motifs is 1. The van der Waals surface area contributed by atoms with E-state index in [1.807, 2.05) is 52.0 Å². The lowest BCUT2D eigenvalue weighted by molar-refractivity contribution is -0.149. The van der Waals surface area contributed by atoms with E-state index in [0.717, 1.165) is 22.0 Å². The number of likely N-dealkylation sites (N-methyl/N-ethyl adjacent to an activating group) is 1. The number of allylic oxidation sites excluding steroid dienone is 2. The van der Waals surface area contributed by atoms with E-state index in [1.165, 1.54) is 17.0 Å². The highest BCUT2D eigenvalue weighted by molar-refractivity contribution is 9.10. The van der Waals surface area contributed by atoms with Gasteiger partial charge in [-0.3, -0.25) is 19.2 Å². The molecule has 252 valence electrons. The number of phenols is 1.